The molecule has 0 aliphatic carbocycles. The Bertz CT molecular complexity index is 369. The van der Waals surface area contributed by atoms with Crippen LogP contribution >= 0.6 is 0 Å². The second-order valence-corrected chi connectivity index (χ2v) is 3.12. The van der Waals surface area contributed by atoms with Gasteiger partial charge in [0.2, 0.25) is 0 Å². The maximum Gasteiger partial charge on any atom is 0.180 e. The molecule has 14 heavy (non-hydrogen) atoms. The van der Waals surface area contributed by atoms with Gasteiger partial charge in [-0.1, -0.05) is 30.3 Å². The summed E-state index contributed by atoms with van der Waals surface area (Å²) >= 11 is 0. The monoisotopic (exact) mass is 189 g/mol. The Labute approximate surface area is 82.0 Å². The summed E-state index contributed by atoms with van der Waals surface area (Å²) in [5.74, 6) is 0. The van der Waals surface area contributed by atoms with Crippen LogP contribution in [0, 0.1) is 0 Å². The minimum atomic E-state index is -0.587. The van der Waals surface area contributed by atoms with Crippen molar-refractivity contribution < 1.29 is 9.52 Å². The highest BCUT2D eigenvalue weighted by Crippen LogP contribution is 2.15. The van der Waals surface area contributed by atoms with E-state index < -0.39 is 6.10 Å². The summed E-state index contributed by atoms with van der Waals surface area (Å²) in [6.45, 7) is 0. The molecule has 0 saturated carbocycles. The molecule has 1 heterocycles. The predicted molar refractivity (Wildman–Crippen MR) is 51.6 cm³/mol. The summed E-state index contributed by atoms with van der Waals surface area (Å²) in [6.07, 6.45) is 2.76. The first-order chi connectivity index (χ1) is 6.86. The zero-order chi connectivity index (χ0) is 9.80. The van der Waals surface area contributed by atoms with E-state index in [9.17, 15) is 5.11 Å². The third-order valence-electron chi connectivity index (χ3n) is 2.06. The summed E-state index contributed by atoms with van der Waals surface area (Å²) in [7, 11) is 0. The number of oxazole rings is 1. The van der Waals surface area contributed by atoms with Crippen molar-refractivity contribution in [1.82, 2.24) is 4.98 Å². The first-order valence-corrected chi connectivity index (χ1v) is 4.46. The van der Waals surface area contributed by atoms with Gasteiger partial charge in [-0.3, -0.25) is 0 Å². The van der Waals surface area contributed by atoms with Crippen molar-refractivity contribution in [1.29, 1.82) is 0 Å². The average molecular weight is 189 g/mol. The minimum absolute atomic E-state index is 0.563. The molecule has 72 valence electrons. The van der Waals surface area contributed by atoms with Crippen molar-refractivity contribution in [3.05, 3.63) is 54.2 Å². The van der Waals surface area contributed by atoms with Crippen LogP contribution in [-0.4, -0.2) is 10.1 Å². The van der Waals surface area contributed by atoms with Crippen molar-refractivity contribution in [2.45, 2.75) is 12.5 Å². The normalized spacial score (nSPS) is 12.6. The lowest BCUT2D eigenvalue weighted by molar-refractivity contribution is 0.173. The van der Waals surface area contributed by atoms with E-state index in [4.69, 9.17) is 4.42 Å². The first kappa shape index (κ1) is 8.97. The van der Waals surface area contributed by atoms with Gasteiger partial charge in [-0.2, -0.15) is 0 Å². The largest absolute Gasteiger partial charge is 0.451 e. The summed E-state index contributed by atoms with van der Waals surface area (Å²) < 4.78 is 4.80. The molecule has 0 aliphatic rings. The van der Waals surface area contributed by atoms with Gasteiger partial charge in [-0.15, -0.1) is 0 Å². The van der Waals surface area contributed by atoms with Crippen LogP contribution in [0.1, 0.15) is 17.4 Å². The molecule has 2 aromatic rings. The van der Waals surface area contributed by atoms with Gasteiger partial charge in [0.05, 0.1) is 0 Å². The van der Waals surface area contributed by atoms with Gasteiger partial charge in [0.25, 0.3) is 0 Å². The Morgan fingerprint density at radius 1 is 1.29 bits per heavy atom. The second-order valence-electron chi connectivity index (χ2n) is 3.12. The topological polar surface area (TPSA) is 46.3 Å². The Kier molecular flexibility index (Phi) is 2.60. The smallest absolute Gasteiger partial charge is 0.180 e. The summed E-state index contributed by atoms with van der Waals surface area (Å²) in [6, 6.07) is 9.80. The molecule has 0 saturated heterocycles. The van der Waals surface area contributed by atoms with Crippen LogP contribution in [0.3, 0.4) is 0 Å². The first-order valence-electron chi connectivity index (χ1n) is 4.46. The Morgan fingerprint density at radius 2 is 2.07 bits per heavy atom. The van der Waals surface area contributed by atoms with Gasteiger partial charge in [0.15, 0.2) is 6.39 Å². The fraction of sp³-hybridized carbons (Fsp3) is 0.182. The Hall–Kier alpha value is -1.61. The maximum atomic E-state index is 9.74. The minimum Gasteiger partial charge on any atom is -0.451 e. The van der Waals surface area contributed by atoms with Crippen LogP contribution in [0.2, 0.25) is 0 Å². The second kappa shape index (κ2) is 4.07. The molecule has 1 aromatic carbocycles. The van der Waals surface area contributed by atoms with Crippen LogP contribution < -0.4 is 0 Å². The number of hydrogen-bond donors (Lipinski definition) is 1. The number of benzene rings is 1. The van der Waals surface area contributed by atoms with Crippen LogP contribution in [0.15, 0.2) is 47.4 Å². The number of rotatable bonds is 3. The zero-order valence-corrected chi connectivity index (χ0v) is 7.63. The fourth-order valence-corrected chi connectivity index (χ4v) is 1.33. The molecule has 2 rings (SSSR count). The van der Waals surface area contributed by atoms with Crippen LogP contribution in [0.5, 0.6) is 0 Å². The van der Waals surface area contributed by atoms with Crippen molar-refractivity contribution in [2.75, 3.05) is 0 Å². The molecule has 0 fully saturated rings. The van der Waals surface area contributed by atoms with Gasteiger partial charge >= 0.3 is 0 Å². The van der Waals surface area contributed by atoms with E-state index >= 15 is 0 Å². The highest BCUT2D eigenvalue weighted by Gasteiger charge is 2.10. The molecular formula is C11H11NO2. The molecule has 0 radical (unpaired) electrons. The number of nitrogens with zero attached hydrogens (tertiary/aromatic N) is 1. The highest BCUT2D eigenvalue weighted by atomic mass is 16.3. The highest BCUT2D eigenvalue weighted by molar-refractivity contribution is 5.17. The number of aromatic nitrogens is 1. The van der Waals surface area contributed by atoms with Crippen molar-refractivity contribution >= 4 is 0 Å². The van der Waals surface area contributed by atoms with Crippen LogP contribution in [0.4, 0.5) is 0 Å². The summed E-state index contributed by atoms with van der Waals surface area (Å²) in [4.78, 5) is 3.90. The lowest BCUT2D eigenvalue weighted by Gasteiger charge is -2.06. The molecule has 1 N–H and O–H groups in total. The number of hydrogen-bond acceptors (Lipinski definition) is 3. The standard InChI is InChI=1S/C11H11NO2/c13-11(10-7-14-8-12-10)6-9-4-2-1-3-5-9/h1-5,7-8,11,13H,6H2. The third-order valence-corrected chi connectivity index (χ3v) is 2.06. The quantitative estimate of drug-likeness (QED) is 0.802. The van der Waals surface area contributed by atoms with Crippen LogP contribution in [-0.2, 0) is 6.42 Å². The molecule has 3 heteroatoms. The van der Waals surface area contributed by atoms with Crippen molar-refractivity contribution in [2.24, 2.45) is 0 Å². The summed E-state index contributed by atoms with van der Waals surface area (Å²) in [5.41, 5.74) is 1.66. The van der Waals surface area contributed by atoms with E-state index in [-0.39, 0.29) is 0 Å². The predicted octanol–water partition coefficient (Wildman–Crippen LogP) is 1.95. The van der Waals surface area contributed by atoms with E-state index in [1.54, 1.807) is 0 Å². The molecule has 1 aromatic heterocycles. The van der Waals surface area contributed by atoms with E-state index in [1.165, 1.54) is 12.7 Å². The van der Waals surface area contributed by atoms with E-state index in [0.29, 0.717) is 12.1 Å². The van der Waals surface area contributed by atoms with Crippen LogP contribution in [0.25, 0.3) is 0 Å². The molecule has 0 amide bonds. The summed E-state index contributed by atoms with van der Waals surface area (Å²) in [5, 5.41) is 9.74. The Balaban J connectivity index is 2.06. The van der Waals surface area contributed by atoms with Gasteiger partial charge < -0.3 is 9.52 Å². The molecule has 3 nitrogen and oxygen atoms in total. The van der Waals surface area contributed by atoms with Crippen molar-refractivity contribution in [3.8, 4) is 0 Å². The lowest BCUT2D eigenvalue weighted by atomic mass is 10.1. The molecule has 1 atom stereocenters. The van der Waals surface area contributed by atoms with Gasteiger partial charge in [-0.05, 0) is 5.56 Å². The molecule has 0 spiro atoms. The fourth-order valence-electron chi connectivity index (χ4n) is 1.33. The molecule has 0 bridgehead atoms. The third kappa shape index (κ3) is 2.00. The Morgan fingerprint density at radius 3 is 2.71 bits per heavy atom. The van der Waals surface area contributed by atoms with E-state index in [1.807, 2.05) is 30.3 Å². The average Bonchev–Trinajstić information content (AvgIpc) is 2.72. The number of aliphatic hydroxyl groups is 1. The molecule has 1 unspecified atom stereocenters. The van der Waals surface area contributed by atoms with Gasteiger partial charge in [0, 0.05) is 6.42 Å². The number of aliphatic hydroxyl groups excluding tert-OH is 1. The molecule has 0 aliphatic heterocycles. The van der Waals surface area contributed by atoms with E-state index in [0.717, 1.165) is 5.56 Å². The van der Waals surface area contributed by atoms with E-state index in [2.05, 4.69) is 4.98 Å². The zero-order valence-electron chi connectivity index (χ0n) is 7.63. The van der Waals surface area contributed by atoms with Crippen molar-refractivity contribution in [3.63, 3.8) is 0 Å². The van der Waals surface area contributed by atoms with Gasteiger partial charge in [-0.25, -0.2) is 4.98 Å². The SMILES string of the molecule is OC(Cc1ccccc1)c1cocn1. The maximum absolute atomic E-state index is 9.74. The van der Waals surface area contributed by atoms with Gasteiger partial charge in [0.1, 0.15) is 18.1 Å². The molecular weight excluding hydrogens is 178 g/mol. The lowest BCUT2D eigenvalue weighted by Crippen LogP contribution is -2.01.